The van der Waals surface area contributed by atoms with E-state index in [1.54, 1.807) is 6.07 Å². The summed E-state index contributed by atoms with van der Waals surface area (Å²) in [6, 6.07) is 5.55. The molecule has 2 atom stereocenters. The Morgan fingerprint density at radius 1 is 1.52 bits per heavy atom. The number of nitrogens with zero attached hydrogens (tertiary/aromatic N) is 1. The third-order valence-electron chi connectivity index (χ3n) is 4.00. The first-order valence-electron chi connectivity index (χ1n) is 6.61. The molecule has 1 fully saturated rings. The average molecular weight is 415 g/mol. The van der Waals surface area contributed by atoms with Crippen molar-refractivity contribution >= 4 is 46.0 Å². The van der Waals surface area contributed by atoms with Crippen LogP contribution in [0.3, 0.4) is 0 Å². The molecule has 0 bridgehead atoms. The quantitative estimate of drug-likeness (QED) is 0.752. The van der Waals surface area contributed by atoms with Gasteiger partial charge in [-0.05, 0) is 52.8 Å². The maximum absolute atomic E-state index is 12.5. The number of hydrogen-bond acceptors (Lipinski definition) is 4. The van der Waals surface area contributed by atoms with E-state index in [1.165, 1.54) is 16.7 Å². The Morgan fingerprint density at radius 3 is 2.86 bits per heavy atom. The van der Waals surface area contributed by atoms with Crippen molar-refractivity contribution in [2.24, 2.45) is 0 Å². The summed E-state index contributed by atoms with van der Waals surface area (Å²) in [6.07, 6.45) is 0.172. The molecule has 1 aromatic carbocycles. The lowest BCUT2D eigenvalue weighted by Gasteiger charge is -2.27. The lowest BCUT2D eigenvalue weighted by molar-refractivity contribution is -0.143. The average Bonchev–Trinajstić information content (AvgIpc) is 2.87. The van der Waals surface area contributed by atoms with Crippen molar-refractivity contribution in [3.8, 4) is 0 Å². The molecule has 6 heteroatoms. The van der Waals surface area contributed by atoms with Crippen molar-refractivity contribution in [2.45, 2.75) is 24.2 Å². The Morgan fingerprint density at radius 2 is 2.24 bits per heavy atom. The van der Waals surface area contributed by atoms with Crippen LogP contribution >= 0.6 is 34.4 Å². The summed E-state index contributed by atoms with van der Waals surface area (Å²) in [7, 11) is 0. The number of benzene rings is 1. The highest BCUT2D eigenvalue weighted by Crippen LogP contribution is 2.48. The maximum Gasteiger partial charge on any atom is 0.244 e. The summed E-state index contributed by atoms with van der Waals surface area (Å²) in [4.78, 5) is 26.5. The van der Waals surface area contributed by atoms with Gasteiger partial charge in [-0.1, -0.05) is 24.4 Å². The van der Waals surface area contributed by atoms with E-state index < -0.39 is 10.9 Å². The number of hydrogen-bond donors (Lipinski definition) is 1. The van der Waals surface area contributed by atoms with Crippen LogP contribution in [0.15, 0.2) is 29.8 Å². The molecule has 2 aliphatic rings. The lowest BCUT2D eigenvalue weighted by atomic mass is 9.90. The van der Waals surface area contributed by atoms with Gasteiger partial charge in [-0.15, -0.1) is 0 Å². The van der Waals surface area contributed by atoms with Gasteiger partial charge in [-0.25, -0.2) is 0 Å². The highest BCUT2D eigenvalue weighted by Gasteiger charge is 2.57. The number of halogens is 1. The number of rotatable bonds is 2. The summed E-state index contributed by atoms with van der Waals surface area (Å²) in [5.41, 5.74) is -0.377. The van der Waals surface area contributed by atoms with E-state index >= 15 is 0 Å². The molecule has 110 valence electrons. The zero-order valence-corrected chi connectivity index (χ0v) is 14.4. The van der Waals surface area contributed by atoms with E-state index in [1.807, 2.05) is 19.1 Å². The second-order valence-corrected chi connectivity index (χ2v) is 7.57. The molecule has 1 amide bonds. The van der Waals surface area contributed by atoms with Gasteiger partial charge in [0, 0.05) is 16.5 Å². The molecule has 21 heavy (non-hydrogen) atoms. The van der Waals surface area contributed by atoms with Crippen LogP contribution in [0, 0.1) is 3.57 Å². The summed E-state index contributed by atoms with van der Waals surface area (Å²) in [5.74, 6) is -0.550. The summed E-state index contributed by atoms with van der Waals surface area (Å²) in [6.45, 7) is 6.19. The monoisotopic (exact) mass is 415 g/mol. The van der Waals surface area contributed by atoms with Crippen LogP contribution in [0.2, 0.25) is 0 Å². The highest BCUT2D eigenvalue weighted by molar-refractivity contribution is 14.1. The number of carbonyl (C=O) groups excluding carboxylic acids is 2. The molecule has 1 N–H and O–H groups in total. The topological polar surface area (TPSA) is 57.6 Å². The summed E-state index contributed by atoms with van der Waals surface area (Å²) >= 11 is 3.32. The second-order valence-electron chi connectivity index (χ2n) is 5.14. The van der Waals surface area contributed by atoms with Crippen molar-refractivity contribution < 1.29 is 14.7 Å². The molecule has 1 aliphatic heterocycles. The van der Waals surface area contributed by atoms with E-state index in [9.17, 15) is 14.7 Å². The van der Waals surface area contributed by atoms with Gasteiger partial charge < -0.3 is 10.0 Å². The number of carbonyl (C=O) groups is 2. The summed E-state index contributed by atoms with van der Waals surface area (Å²) < 4.78 is 0.932. The van der Waals surface area contributed by atoms with Gasteiger partial charge in [-0.2, -0.15) is 0 Å². The molecule has 1 aromatic rings. The van der Waals surface area contributed by atoms with Gasteiger partial charge in [0.1, 0.15) is 5.25 Å². The molecule has 1 aliphatic carbocycles. The van der Waals surface area contributed by atoms with Gasteiger partial charge in [-0.3, -0.25) is 9.59 Å². The Hall–Kier alpha value is -0.860. The number of fused-ring (bicyclic) bond motifs is 1. The predicted octanol–water partition coefficient (Wildman–Crippen LogP) is 2.04. The van der Waals surface area contributed by atoms with Gasteiger partial charge in [0.25, 0.3) is 0 Å². The molecule has 3 rings (SSSR count). The fraction of sp³-hybridized carbons (Fsp3) is 0.333. The first kappa shape index (κ1) is 15.1. The Kier molecular flexibility index (Phi) is 3.66. The highest BCUT2D eigenvalue weighted by atomic mass is 127. The molecule has 0 radical (unpaired) electrons. The minimum absolute atomic E-state index is 0.172. The SMILES string of the molecule is C=C1SC(C2(O)C(=O)Cc3ccc(I)cc32)C(=O)N1CC. The van der Waals surface area contributed by atoms with Crippen LogP contribution in [-0.4, -0.2) is 33.5 Å². The van der Waals surface area contributed by atoms with Crippen molar-refractivity contribution in [3.63, 3.8) is 0 Å². The van der Waals surface area contributed by atoms with Crippen molar-refractivity contribution in [1.29, 1.82) is 0 Å². The Bertz CT molecular complexity index is 675. The maximum atomic E-state index is 12.5. The summed E-state index contributed by atoms with van der Waals surface area (Å²) in [5, 5.41) is 10.8. The zero-order valence-electron chi connectivity index (χ0n) is 11.4. The van der Waals surface area contributed by atoms with E-state index in [4.69, 9.17) is 0 Å². The number of Topliss-reactive ketones (excluding diaryl/α,β-unsaturated/α-hetero) is 1. The fourth-order valence-electron chi connectivity index (χ4n) is 2.91. The molecule has 0 spiro atoms. The molecule has 4 nitrogen and oxygen atoms in total. The molecule has 1 saturated heterocycles. The van der Waals surface area contributed by atoms with E-state index in [-0.39, 0.29) is 18.1 Å². The molecule has 2 unspecified atom stereocenters. The Balaban J connectivity index is 2.10. The van der Waals surface area contributed by atoms with Crippen LogP contribution < -0.4 is 0 Å². The van der Waals surface area contributed by atoms with Crippen LogP contribution in [0.5, 0.6) is 0 Å². The first-order valence-corrected chi connectivity index (χ1v) is 8.57. The molecular weight excluding hydrogens is 401 g/mol. The van der Waals surface area contributed by atoms with Crippen molar-refractivity contribution in [1.82, 2.24) is 4.90 Å². The minimum Gasteiger partial charge on any atom is -0.376 e. The number of amides is 1. The van der Waals surface area contributed by atoms with Crippen LogP contribution in [0.4, 0.5) is 0 Å². The first-order chi connectivity index (χ1) is 9.89. The van der Waals surface area contributed by atoms with E-state index in [0.29, 0.717) is 17.1 Å². The van der Waals surface area contributed by atoms with E-state index in [2.05, 4.69) is 29.2 Å². The zero-order chi connectivity index (χ0) is 15.4. The third-order valence-corrected chi connectivity index (χ3v) is 5.94. The molecule has 1 heterocycles. The van der Waals surface area contributed by atoms with Gasteiger partial charge in [0.15, 0.2) is 11.4 Å². The Labute approximate surface area is 140 Å². The second kappa shape index (κ2) is 5.10. The largest absolute Gasteiger partial charge is 0.376 e. The smallest absolute Gasteiger partial charge is 0.244 e. The van der Waals surface area contributed by atoms with Gasteiger partial charge in [0.2, 0.25) is 5.91 Å². The van der Waals surface area contributed by atoms with E-state index in [0.717, 1.165) is 9.13 Å². The predicted molar refractivity (Wildman–Crippen MR) is 89.7 cm³/mol. The number of thioether (sulfide) groups is 1. The normalized spacial score (nSPS) is 28.4. The fourth-order valence-corrected chi connectivity index (χ4v) is 4.68. The van der Waals surface area contributed by atoms with Crippen LogP contribution in [0.1, 0.15) is 18.1 Å². The van der Waals surface area contributed by atoms with Crippen molar-refractivity contribution in [3.05, 3.63) is 44.5 Å². The molecule has 0 aromatic heterocycles. The molecule has 0 saturated carbocycles. The minimum atomic E-state index is -1.74. The third kappa shape index (κ3) is 2.07. The standard InChI is InChI=1S/C15H14INO3S/c1-3-17-8(2)21-13(14(17)19)15(20)11-7-10(16)5-4-9(11)6-12(15)18/h4-5,7,13,20H,2-3,6H2,1H3. The van der Waals surface area contributed by atoms with Crippen LogP contribution in [-0.2, 0) is 21.6 Å². The molecular formula is C15H14INO3S. The van der Waals surface area contributed by atoms with Gasteiger partial charge >= 0.3 is 0 Å². The van der Waals surface area contributed by atoms with Gasteiger partial charge in [0.05, 0.1) is 5.03 Å². The number of ketones is 1. The number of aliphatic hydroxyl groups is 1. The van der Waals surface area contributed by atoms with Crippen molar-refractivity contribution in [2.75, 3.05) is 6.54 Å². The van der Waals surface area contributed by atoms with Crippen LogP contribution in [0.25, 0.3) is 0 Å². The lowest BCUT2D eigenvalue weighted by Crippen LogP contribution is -2.47.